The van der Waals surface area contributed by atoms with Gasteiger partial charge < -0.3 is 0 Å². The second-order valence-electron chi connectivity index (χ2n) is 12.0. The highest BCUT2D eigenvalue weighted by Gasteiger charge is 2.46. The maximum absolute atomic E-state index is 12.9. The number of carbonyl (C=O) groups is 2. The lowest BCUT2D eigenvalue weighted by molar-refractivity contribution is -0.750. The largest absolute Gasteiger partial charge is 0.274 e. The van der Waals surface area contributed by atoms with E-state index in [9.17, 15) is 9.59 Å². The van der Waals surface area contributed by atoms with Gasteiger partial charge in [-0.1, -0.05) is 54.6 Å². The maximum Gasteiger partial charge on any atom is 0.264 e. The molecule has 1 atom stereocenters. The Morgan fingerprint density at radius 3 is 2.27 bits per heavy atom. The summed E-state index contributed by atoms with van der Waals surface area (Å²) in [5.74, 6) is 7.93. The molecule has 0 bridgehead atoms. The molecular formula is C36H31N6O2+. The molecule has 3 aliphatic heterocycles. The fourth-order valence-electron chi connectivity index (χ4n) is 7.01. The van der Waals surface area contributed by atoms with Crippen molar-refractivity contribution in [3.63, 3.8) is 0 Å². The van der Waals surface area contributed by atoms with Gasteiger partial charge in [-0.2, -0.15) is 10.8 Å². The minimum absolute atomic E-state index is 0.0301. The fourth-order valence-corrected chi connectivity index (χ4v) is 7.01. The number of imide groups is 1. The van der Waals surface area contributed by atoms with Gasteiger partial charge in [-0.15, -0.1) is 4.59 Å². The number of amides is 2. The predicted molar refractivity (Wildman–Crippen MR) is 170 cm³/mol. The quantitative estimate of drug-likeness (QED) is 0.172. The summed E-state index contributed by atoms with van der Waals surface area (Å²) in [6.45, 7) is 0.454. The smallest absolute Gasteiger partial charge is 0.264 e. The van der Waals surface area contributed by atoms with Crippen LogP contribution in [0.25, 0.3) is 22.2 Å². The van der Waals surface area contributed by atoms with E-state index in [-0.39, 0.29) is 28.2 Å². The van der Waals surface area contributed by atoms with Crippen LogP contribution in [-0.2, 0) is 0 Å². The molecule has 4 heterocycles. The van der Waals surface area contributed by atoms with Crippen molar-refractivity contribution in [3.05, 3.63) is 125 Å². The van der Waals surface area contributed by atoms with Crippen molar-refractivity contribution < 1.29 is 14.2 Å². The van der Waals surface area contributed by atoms with Crippen LogP contribution in [0.1, 0.15) is 52.0 Å². The summed E-state index contributed by atoms with van der Waals surface area (Å²) in [6, 6.07) is 27.6. The lowest BCUT2D eigenvalue weighted by Gasteiger charge is -2.31. The van der Waals surface area contributed by atoms with Gasteiger partial charge in [0.05, 0.1) is 40.3 Å². The number of benzene rings is 3. The lowest BCUT2D eigenvalue weighted by atomic mass is 9.80. The van der Waals surface area contributed by atoms with Crippen LogP contribution in [0.3, 0.4) is 0 Å². The Balaban J connectivity index is 1.05. The zero-order valence-corrected chi connectivity index (χ0v) is 24.1. The van der Waals surface area contributed by atoms with Crippen molar-refractivity contribution in [2.45, 2.75) is 25.7 Å². The first-order chi connectivity index (χ1) is 21.5. The van der Waals surface area contributed by atoms with Crippen LogP contribution in [0.4, 0.5) is 0 Å². The minimum Gasteiger partial charge on any atom is -0.274 e. The average molecular weight is 580 g/mol. The maximum atomic E-state index is 12.9. The van der Waals surface area contributed by atoms with Crippen LogP contribution >= 0.6 is 0 Å². The molecule has 0 radical (unpaired) electrons. The molecule has 4 aliphatic rings. The van der Waals surface area contributed by atoms with Gasteiger partial charge in [0, 0.05) is 23.4 Å². The van der Waals surface area contributed by atoms with Gasteiger partial charge in [0.25, 0.3) is 17.6 Å². The number of rotatable bonds is 5. The first-order valence-corrected chi connectivity index (χ1v) is 15.1. The molecule has 3 aromatic carbocycles. The molecule has 8 nitrogen and oxygen atoms in total. The Morgan fingerprint density at radius 2 is 1.52 bits per heavy atom. The first kappa shape index (κ1) is 26.6. The first-order valence-electron chi connectivity index (χ1n) is 15.1. The van der Waals surface area contributed by atoms with Crippen molar-refractivity contribution in [1.29, 1.82) is 0 Å². The van der Waals surface area contributed by atoms with Crippen LogP contribution in [0.5, 0.6) is 0 Å². The SMILES string of the molecule is N[N+]12C=CN=CC1=C(C1CCC(CN3C(=O)c4ccccc4C3=O)CC1)N=C2c1ccc2ccc(-c3ccccc3)nc2c1. The van der Waals surface area contributed by atoms with E-state index in [0.717, 1.165) is 70.6 Å². The normalized spacial score (nSPS) is 24.2. The van der Waals surface area contributed by atoms with E-state index >= 15 is 0 Å². The molecule has 2 amide bonds. The van der Waals surface area contributed by atoms with E-state index in [4.69, 9.17) is 15.8 Å². The molecule has 1 fully saturated rings. The van der Waals surface area contributed by atoms with Gasteiger partial charge in [0.2, 0.25) is 5.70 Å². The number of amidine groups is 1. The van der Waals surface area contributed by atoms with Gasteiger partial charge in [0.15, 0.2) is 0 Å². The number of pyridine rings is 1. The van der Waals surface area contributed by atoms with Gasteiger partial charge in [-0.05, 0) is 61.9 Å². The third kappa shape index (κ3) is 4.25. The summed E-state index contributed by atoms with van der Waals surface area (Å²) in [6.07, 6.45) is 9.06. The highest BCUT2D eigenvalue weighted by Crippen LogP contribution is 2.42. The van der Waals surface area contributed by atoms with Crippen molar-refractivity contribution in [1.82, 2.24) is 9.88 Å². The van der Waals surface area contributed by atoms with Crippen LogP contribution in [0.15, 0.2) is 119 Å². The second-order valence-corrected chi connectivity index (χ2v) is 12.0. The number of allylic oxidation sites excluding steroid dienone is 2. The topological polar surface area (TPSA) is 101 Å². The van der Waals surface area contributed by atoms with Gasteiger partial charge in [0.1, 0.15) is 11.9 Å². The van der Waals surface area contributed by atoms with E-state index in [1.165, 1.54) is 4.90 Å². The van der Waals surface area contributed by atoms with Crippen molar-refractivity contribution in [2.24, 2.45) is 27.7 Å². The zero-order valence-electron chi connectivity index (χ0n) is 24.1. The number of carbonyl (C=O) groups excluding carboxylic acids is 2. The Kier molecular flexibility index (Phi) is 6.22. The van der Waals surface area contributed by atoms with Crippen LogP contribution in [-0.4, -0.2) is 44.9 Å². The predicted octanol–water partition coefficient (Wildman–Crippen LogP) is 6.22. The van der Waals surface area contributed by atoms with E-state index in [2.05, 4.69) is 41.4 Å². The van der Waals surface area contributed by atoms with Crippen LogP contribution in [0, 0.1) is 11.8 Å². The summed E-state index contributed by atoms with van der Waals surface area (Å²) in [5, 5.41) is 1.05. The number of hydrogen-bond acceptors (Lipinski definition) is 6. The number of quaternary nitrogens is 1. The molecule has 1 unspecified atom stereocenters. The second kappa shape index (κ2) is 10.3. The third-order valence-corrected chi connectivity index (χ3v) is 9.39. The van der Waals surface area contributed by atoms with E-state index in [1.807, 2.05) is 36.7 Å². The molecule has 8 rings (SSSR count). The summed E-state index contributed by atoms with van der Waals surface area (Å²) < 4.78 is -0.0301. The number of aromatic nitrogens is 1. The highest BCUT2D eigenvalue weighted by atomic mass is 16.2. The molecule has 0 spiro atoms. The molecule has 1 saturated carbocycles. The molecule has 4 aromatic rings. The molecule has 44 heavy (non-hydrogen) atoms. The summed E-state index contributed by atoms with van der Waals surface area (Å²) >= 11 is 0. The molecule has 1 aromatic heterocycles. The number of aliphatic imine (C=N–C) groups is 2. The Labute approximate surface area is 255 Å². The molecular weight excluding hydrogens is 548 g/mol. The van der Waals surface area contributed by atoms with E-state index in [0.29, 0.717) is 17.7 Å². The molecule has 2 N–H and O–H groups in total. The fraction of sp³-hybridized carbons (Fsp3) is 0.194. The third-order valence-electron chi connectivity index (χ3n) is 9.39. The summed E-state index contributed by atoms with van der Waals surface area (Å²) in [4.78, 5) is 41.9. The van der Waals surface area contributed by atoms with Gasteiger partial charge in [-0.25, -0.2) is 4.98 Å². The minimum atomic E-state index is -0.182. The number of nitrogens with zero attached hydrogens (tertiary/aromatic N) is 5. The highest BCUT2D eigenvalue weighted by molar-refractivity contribution is 6.21. The van der Waals surface area contributed by atoms with E-state index in [1.54, 1.807) is 30.5 Å². The van der Waals surface area contributed by atoms with Crippen molar-refractivity contribution in [2.75, 3.05) is 6.54 Å². The van der Waals surface area contributed by atoms with Gasteiger partial charge >= 0.3 is 0 Å². The summed E-state index contributed by atoms with van der Waals surface area (Å²) in [7, 11) is 0. The van der Waals surface area contributed by atoms with Crippen LogP contribution < -0.4 is 5.84 Å². The van der Waals surface area contributed by atoms with Crippen molar-refractivity contribution in [3.8, 4) is 11.3 Å². The lowest BCUT2D eigenvalue weighted by Crippen LogP contribution is -2.53. The Bertz CT molecular complexity index is 1930. The standard InChI is InChI=1S/C36H31N6O2/c37-42-19-18-38-21-32(42)33(26-12-10-23(11-13-26)22-41-35(43)28-8-4-5-9-29(28)36(41)44)40-34(42)27-15-14-25-16-17-30(39-31(25)20-27)24-6-2-1-3-7-24/h1-9,14-21,23,26H,10-13,22,37H2/q+1. The Morgan fingerprint density at radius 1 is 0.818 bits per heavy atom. The zero-order chi connectivity index (χ0) is 29.8. The van der Waals surface area contributed by atoms with Crippen molar-refractivity contribution >= 4 is 34.8 Å². The monoisotopic (exact) mass is 579 g/mol. The molecule has 1 aliphatic carbocycles. The van der Waals surface area contributed by atoms with Gasteiger partial charge in [-0.3, -0.25) is 19.5 Å². The molecule has 8 heteroatoms. The molecule has 0 saturated heterocycles. The number of fused-ring (bicyclic) bond motifs is 3. The van der Waals surface area contributed by atoms with E-state index < -0.39 is 0 Å². The number of hydrogen-bond donors (Lipinski definition) is 1. The number of nitrogens with two attached hydrogens (primary N) is 1. The summed E-state index contributed by atoms with van der Waals surface area (Å²) in [5.41, 5.74) is 6.67. The Hall–Kier alpha value is -5.05. The van der Waals surface area contributed by atoms with Crippen LogP contribution in [0.2, 0.25) is 0 Å². The molecule has 216 valence electrons. The average Bonchev–Trinajstić information content (AvgIpc) is 3.51.